The second-order valence-corrected chi connectivity index (χ2v) is 5.91. The smallest absolute Gasteiger partial charge is 0.134 e. The van der Waals surface area contributed by atoms with Crippen LogP contribution in [-0.4, -0.2) is 58.7 Å². The molecule has 0 bridgehead atoms. The van der Waals surface area contributed by atoms with Gasteiger partial charge in [0.05, 0.1) is 0 Å². The molecule has 1 aliphatic rings. The molecule has 0 unspecified atom stereocenters. The van der Waals surface area contributed by atoms with Crippen molar-refractivity contribution in [3.8, 4) is 0 Å². The van der Waals surface area contributed by atoms with E-state index >= 15 is 0 Å². The Hall–Kier alpha value is -0.720. The van der Waals surface area contributed by atoms with Gasteiger partial charge in [-0.15, -0.1) is 5.10 Å². The summed E-state index contributed by atoms with van der Waals surface area (Å²) in [4.78, 5) is 4.96. The summed E-state index contributed by atoms with van der Waals surface area (Å²) in [6.45, 7) is 9.80. The van der Waals surface area contributed by atoms with Crippen LogP contribution in [0.1, 0.15) is 32.4 Å². The Labute approximate surface area is 120 Å². The topological polar surface area (TPSA) is 44.3 Å². The van der Waals surface area contributed by atoms with E-state index in [1.807, 2.05) is 0 Å². The fourth-order valence-corrected chi connectivity index (χ4v) is 3.29. The van der Waals surface area contributed by atoms with Gasteiger partial charge in [-0.3, -0.25) is 4.90 Å². The number of likely N-dealkylation sites (tertiary alicyclic amines) is 1. The molecule has 0 radical (unpaired) electrons. The number of nitrogens with one attached hydrogen (secondary N) is 1. The summed E-state index contributed by atoms with van der Waals surface area (Å²) >= 11 is 1.46. The summed E-state index contributed by atoms with van der Waals surface area (Å²) in [7, 11) is 2.21. The minimum atomic E-state index is 0.680. The number of aromatic nitrogens is 2. The Balaban J connectivity index is 1.87. The molecular formula is C13H25N5S. The molecule has 1 aromatic rings. The molecule has 0 atom stereocenters. The Bertz CT molecular complexity index is 373. The minimum absolute atomic E-state index is 0.680. The van der Waals surface area contributed by atoms with E-state index in [0.717, 1.165) is 23.8 Å². The highest BCUT2D eigenvalue weighted by molar-refractivity contribution is 7.10. The van der Waals surface area contributed by atoms with E-state index in [9.17, 15) is 0 Å². The fourth-order valence-electron chi connectivity index (χ4n) is 2.65. The molecule has 108 valence electrons. The number of nitrogens with zero attached hydrogens (tertiary/aromatic N) is 4. The predicted octanol–water partition coefficient (Wildman–Crippen LogP) is 1.89. The van der Waals surface area contributed by atoms with Crippen LogP contribution in [0, 0.1) is 0 Å². The molecule has 19 heavy (non-hydrogen) atoms. The van der Waals surface area contributed by atoms with Crippen molar-refractivity contribution in [2.45, 2.75) is 39.3 Å². The highest BCUT2D eigenvalue weighted by atomic mass is 32.1. The number of rotatable bonds is 6. The standard InChI is InChI=1S/C13H25N5S/c1-4-14-13-12(15-16-19-13)10-17(3)11-6-8-18(5-2)9-7-11/h11,14H,4-10H2,1-3H3. The lowest BCUT2D eigenvalue weighted by Crippen LogP contribution is -2.43. The third-order valence-electron chi connectivity index (χ3n) is 3.92. The second-order valence-electron chi connectivity index (χ2n) is 5.16. The Morgan fingerprint density at radius 3 is 2.74 bits per heavy atom. The lowest BCUT2D eigenvalue weighted by atomic mass is 10.0. The van der Waals surface area contributed by atoms with Crippen LogP contribution in [0.4, 0.5) is 5.00 Å². The molecule has 2 heterocycles. The molecule has 0 saturated carbocycles. The zero-order valence-electron chi connectivity index (χ0n) is 12.2. The summed E-state index contributed by atoms with van der Waals surface area (Å²) in [5.41, 5.74) is 1.09. The first-order chi connectivity index (χ1) is 9.24. The summed E-state index contributed by atoms with van der Waals surface area (Å²) in [6, 6.07) is 0.680. The molecule has 0 aliphatic carbocycles. The summed E-state index contributed by atoms with van der Waals surface area (Å²) in [6.07, 6.45) is 2.52. The molecule has 1 N–H and O–H groups in total. The minimum Gasteiger partial charge on any atom is -0.374 e. The number of hydrogen-bond donors (Lipinski definition) is 1. The highest BCUT2D eigenvalue weighted by Crippen LogP contribution is 2.22. The molecule has 0 amide bonds. The SMILES string of the molecule is CCNc1snnc1CN(C)C1CCN(CC)CC1. The van der Waals surface area contributed by atoms with Gasteiger partial charge < -0.3 is 10.2 Å². The first-order valence-corrected chi connectivity index (χ1v) is 7.99. The van der Waals surface area contributed by atoms with Gasteiger partial charge in [0.15, 0.2) is 0 Å². The van der Waals surface area contributed by atoms with E-state index in [4.69, 9.17) is 0 Å². The summed E-state index contributed by atoms with van der Waals surface area (Å²) in [5.74, 6) is 0. The Kier molecular flexibility index (Phi) is 5.54. The van der Waals surface area contributed by atoms with Crippen molar-refractivity contribution in [3.63, 3.8) is 0 Å². The zero-order chi connectivity index (χ0) is 13.7. The molecule has 6 heteroatoms. The van der Waals surface area contributed by atoms with Gasteiger partial charge in [0.1, 0.15) is 10.7 Å². The lowest BCUT2D eigenvalue weighted by molar-refractivity contribution is 0.126. The first-order valence-electron chi connectivity index (χ1n) is 7.22. The van der Waals surface area contributed by atoms with Crippen molar-refractivity contribution < 1.29 is 0 Å². The number of hydrogen-bond acceptors (Lipinski definition) is 6. The van der Waals surface area contributed by atoms with Gasteiger partial charge in [-0.05, 0) is 46.4 Å². The van der Waals surface area contributed by atoms with Crippen molar-refractivity contribution in [2.24, 2.45) is 0 Å². The van der Waals surface area contributed by atoms with Crippen molar-refractivity contribution in [1.82, 2.24) is 19.4 Å². The van der Waals surface area contributed by atoms with Crippen LogP contribution in [-0.2, 0) is 6.54 Å². The van der Waals surface area contributed by atoms with Crippen molar-refractivity contribution in [3.05, 3.63) is 5.69 Å². The van der Waals surface area contributed by atoms with Crippen LogP contribution in [0.2, 0.25) is 0 Å². The summed E-state index contributed by atoms with van der Waals surface area (Å²) < 4.78 is 4.06. The first kappa shape index (κ1) is 14.7. The van der Waals surface area contributed by atoms with E-state index in [1.54, 1.807) is 0 Å². The average molecular weight is 283 g/mol. The lowest BCUT2D eigenvalue weighted by Gasteiger charge is -2.36. The normalized spacial score (nSPS) is 18.1. The number of piperidine rings is 1. The molecule has 1 fully saturated rings. The van der Waals surface area contributed by atoms with Crippen LogP contribution >= 0.6 is 11.5 Å². The van der Waals surface area contributed by atoms with Crippen LogP contribution < -0.4 is 5.32 Å². The van der Waals surface area contributed by atoms with E-state index in [2.05, 4.69) is 45.6 Å². The zero-order valence-corrected chi connectivity index (χ0v) is 13.0. The highest BCUT2D eigenvalue weighted by Gasteiger charge is 2.22. The van der Waals surface area contributed by atoms with E-state index < -0.39 is 0 Å². The largest absolute Gasteiger partial charge is 0.374 e. The van der Waals surface area contributed by atoms with Crippen LogP contribution in [0.25, 0.3) is 0 Å². The quantitative estimate of drug-likeness (QED) is 0.863. The molecule has 1 aliphatic heterocycles. The molecule has 5 nitrogen and oxygen atoms in total. The maximum atomic E-state index is 4.25. The van der Waals surface area contributed by atoms with Gasteiger partial charge in [-0.2, -0.15) is 0 Å². The molecule has 0 aromatic carbocycles. The van der Waals surface area contributed by atoms with Gasteiger partial charge in [-0.25, -0.2) is 0 Å². The third-order valence-corrected chi connectivity index (χ3v) is 4.65. The fraction of sp³-hybridized carbons (Fsp3) is 0.846. The molecular weight excluding hydrogens is 258 g/mol. The van der Waals surface area contributed by atoms with Crippen molar-refractivity contribution in [2.75, 3.05) is 38.5 Å². The van der Waals surface area contributed by atoms with Crippen molar-refractivity contribution >= 4 is 16.5 Å². The Morgan fingerprint density at radius 1 is 1.37 bits per heavy atom. The van der Waals surface area contributed by atoms with Crippen LogP contribution in [0.5, 0.6) is 0 Å². The van der Waals surface area contributed by atoms with E-state index in [-0.39, 0.29) is 0 Å². The van der Waals surface area contributed by atoms with Gasteiger partial charge in [0.25, 0.3) is 0 Å². The maximum Gasteiger partial charge on any atom is 0.134 e. The van der Waals surface area contributed by atoms with Crippen LogP contribution in [0.15, 0.2) is 0 Å². The molecule has 1 saturated heterocycles. The molecule has 1 aromatic heterocycles. The summed E-state index contributed by atoms with van der Waals surface area (Å²) in [5, 5.41) is 8.72. The Morgan fingerprint density at radius 2 is 2.11 bits per heavy atom. The predicted molar refractivity (Wildman–Crippen MR) is 80.7 cm³/mol. The van der Waals surface area contributed by atoms with E-state index in [0.29, 0.717) is 6.04 Å². The van der Waals surface area contributed by atoms with Gasteiger partial charge in [0, 0.05) is 30.7 Å². The second kappa shape index (κ2) is 7.17. The average Bonchev–Trinajstić information content (AvgIpc) is 2.86. The van der Waals surface area contributed by atoms with Gasteiger partial charge >= 0.3 is 0 Å². The van der Waals surface area contributed by atoms with Crippen LogP contribution in [0.3, 0.4) is 0 Å². The van der Waals surface area contributed by atoms with E-state index in [1.165, 1.54) is 44.0 Å². The maximum absolute atomic E-state index is 4.25. The third kappa shape index (κ3) is 3.87. The molecule has 0 spiro atoms. The molecule has 2 rings (SSSR count). The number of anilines is 1. The van der Waals surface area contributed by atoms with Gasteiger partial charge in [-0.1, -0.05) is 11.4 Å². The van der Waals surface area contributed by atoms with Gasteiger partial charge in [0.2, 0.25) is 0 Å². The van der Waals surface area contributed by atoms with Crippen molar-refractivity contribution in [1.29, 1.82) is 0 Å². The monoisotopic (exact) mass is 283 g/mol.